The summed E-state index contributed by atoms with van der Waals surface area (Å²) in [5.74, 6) is -0.270. The Hall–Kier alpha value is -0.980. The van der Waals surface area contributed by atoms with Gasteiger partial charge in [-0.15, -0.1) is 10.2 Å². The zero-order valence-electron chi connectivity index (χ0n) is 8.55. The van der Waals surface area contributed by atoms with Crippen molar-refractivity contribution in [1.29, 1.82) is 0 Å². The Labute approximate surface area is 101 Å². The normalized spacial score (nSPS) is 12.7. The molecule has 1 aromatic carbocycles. The molecule has 3 nitrogen and oxygen atoms in total. The predicted molar refractivity (Wildman–Crippen MR) is 63.0 cm³/mol. The van der Waals surface area contributed by atoms with Crippen molar-refractivity contribution in [2.45, 2.75) is 22.2 Å². The van der Waals surface area contributed by atoms with E-state index in [-0.39, 0.29) is 11.9 Å². The summed E-state index contributed by atoms with van der Waals surface area (Å²) in [5, 5.41) is 7.68. The van der Waals surface area contributed by atoms with Crippen molar-refractivity contribution in [3.8, 4) is 0 Å². The Balaban J connectivity index is 2.33. The first-order valence-electron chi connectivity index (χ1n) is 4.66. The molecular weight excluding hydrogens is 245 g/mol. The molecule has 2 N–H and O–H groups in total. The molecule has 0 bridgehead atoms. The van der Waals surface area contributed by atoms with Crippen molar-refractivity contribution in [1.82, 2.24) is 10.2 Å². The third-order valence-corrected chi connectivity index (χ3v) is 3.87. The summed E-state index contributed by atoms with van der Waals surface area (Å²) in [5.41, 5.74) is 8.26. The molecule has 0 saturated heterocycles. The van der Waals surface area contributed by atoms with E-state index in [9.17, 15) is 4.39 Å². The Kier molecular flexibility index (Phi) is 3.52. The molecule has 0 radical (unpaired) electrons. The lowest BCUT2D eigenvalue weighted by molar-refractivity contribution is 0.619. The number of halogens is 1. The lowest BCUT2D eigenvalue weighted by atomic mass is 10.1. The molecule has 0 aliphatic heterocycles. The van der Waals surface area contributed by atoms with E-state index in [0.29, 0.717) is 0 Å². The molecule has 2 rings (SSSR count). The molecule has 1 heterocycles. The fourth-order valence-corrected chi connectivity index (χ4v) is 2.91. The summed E-state index contributed by atoms with van der Waals surface area (Å²) in [6, 6.07) is 4.41. The second kappa shape index (κ2) is 4.90. The summed E-state index contributed by atoms with van der Waals surface area (Å²) in [6.45, 7) is 1.83. The highest BCUT2D eigenvalue weighted by Gasteiger charge is 2.11. The number of aromatic nitrogens is 2. The van der Waals surface area contributed by atoms with Crippen molar-refractivity contribution in [2.24, 2.45) is 5.73 Å². The minimum atomic E-state index is -0.270. The van der Waals surface area contributed by atoms with Gasteiger partial charge >= 0.3 is 0 Å². The van der Waals surface area contributed by atoms with Crippen molar-refractivity contribution in [2.75, 3.05) is 0 Å². The van der Waals surface area contributed by atoms with Gasteiger partial charge in [-0.2, -0.15) is 0 Å². The number of rotatable bonds is 3. The van der Waals surface area contributed by atoms with E-state index in [4.69, 9.17) is 5.73 Å². The van der Waals surface area contributed by atoms with Gasteiger partial charge in [0.05, 0.1) is 0 Å². The predicted octanol–water partition coefficient (Wildman–Crippen LogP) is 2.85. The molecule has 1 unspecified atom stereocenters. The van der Waals surface area contributed by atoms with Gasteiger partial charge in [0.25, 0.3) is 0 Å². The lowest BCUT2D eigenvalue weighted by Gasteiger charge is -2.10. The van der Waals surface area contributed by atoms with Gasteiger partial charge in [0.1, 0.15) is 11.3 Å². The van der Waals surface area contributed by atoms with E-state index in [0.717, 1.165) is 14.8 Å². The minimum Gasteiger partial charge on any atom is -0.324 e. The van der Waals surface area contributed by atoms with Gasteiger partial charge in [0.15, 0.2) is 4.34 Å². The summed E-state index contributed by atoms with van der Waals surface area (Å²) < 4.78 is 13.9. The monoisotopic (exact) mass is 255 g/mol. The van der Waals surface area contributed by atoms with Crippen LogP contribution in [-0.4, -0.2) is 10.2 Å². The smallest absolute Gasteiger partial charge is 0.178 e. The first kappa shape index (κ1) is 11.5. The van der Waals surface area contributed by atoms with Gasteiger partial charge in [0, 0.05) is 10.9 Å². The van der Waals surface area contributed by atoms with E-state index in [1.807, 2.05) is 6.92 Å². The fraction of sp³-hybridized carbons (Fsp3) is 0.200. The highest BCUT2D eigenvalue weighted by atomic mass is 32.2. The lowest BCUT2D eigenvalue weighted by Crippen LogP contribution is -2.06. The molecule has 0 spiro atoms. The number of hydrogen-bond donors (Lipinski definition) is 1. The van der Waals surface area contributed by atoms with E-state index in [1.54, 1.807) is 11.6 Å². The largest absolute Gasteiger partial charge is 0.324 e. The van der Waals surface area contributed by atoms with Crippen LogP contribution in [0, 0.1) is 5.82 Å². The van der Waals surface area contributed by atoms with Crippen LogP contribution < -0.4 is 5.73 Å². The second-order valence-corrected chi connectivity index (χ2v) is 5.40. The molecule has 0 fully saturated rings. The third kappa shape index (κ3) is 2.58. The van der Waals surface area contributed by atoms with Crippen molar-refractivity contribution < 1.29 is 4.39 Å². The van der Waals surface area contributed by atoms with E-state index < -0.39 is 0 Å². The van der Waals surface area contributed by atoms with Crippen LogP contribution in [0.2, 0.25) is 0 Å². The molecule has 0 aliphatic carbocycles. The van der Waals surface area contributed by atoms with E-state index in [1.165, 1.54) is 35.2 Å². The molecule has 0 amide bonds. The van der Waals surface area contributed by atoms with Crippen LogP contribution in [0.25, 0.3) is 0 Å². The Morgan fingerprint density at radius 3 is 2.94 bits per heavy atom. The van der Waals surface area contributed by atoms with Gasteiger partial charge < -0.3 is 5.73 Å². The quantitative estimate of drug-likeness (QED) is 0.916. The summed E-state index contributed by atoms with van der Waals surface area (Å²) in [7, 11) is 0. The molecule has 16 heavy (non-hydrogen) atoms. The topological polar surface area (TPSA) is 51.8 Å². The SMILES string of the molecule is CC(N)c1cc(F)ccc1Sc1nncs1. The zero-order valence-corrected chi connectivity index (χ0v) is 10.2. The Bertz CT molecular complexity index is 471. The van der Waals surface area contributed by atoms with Crippen molar-refractivity contribution in [3.63, 3.8) is 0 Å². The molecule has 2 aromatic rings. The fourth-order valence-electron chi connectivity index (χ4n) is 1.27. The maximum absolute atomic E-state index is 13.1. The van der Waals surface area contributed by atoms with Crippen LogP contribution in [0.1, 0.15) is 18.5 Å². The first-order valence-corrected chi connectivity index (χ1v) is 6.35. The number of hydrogen-bond acceptors (Lipinski definition) is 5. The zero-order chi connectivity index (χ0) is 11.5. The van der Waals surface area contributed by atoms with Crippen molar-refractivity contribution >= 4 is 23.1 Å². The third-order valence-electron chi connectivity index (χ3n) is 2.00. The van der Waals surface area contributed by atoms with Crippen LogP contribution in [0.5, 0.6) is 0 Å². The van der Waals surface area contributed by atoms with Crippen LogP contribution in [-0.2, 0) is 0 Å². The second-order valence-electron chi connectivity index (χ2n) is 3.28. The molecule has 1 aromatic heterocycles. The Morgan fingerprint density at radius 2 is 2.31 bits per heavy atom. The maximum Gasteiger partial charge on any atom is 0.178 e. The maximum atomic E-state index is 13.1. The van der Waals surface area contributed by atoms with Crippen LogP contribution >= 0.6 is 23.1 Å². The van der Waals surface area contributed by atoms with Crippen LogP contribution in [0.15, 0.2) is 32.9 Å². The average Bonchev–Trinajstić information content (AvgIpc) is 2.73. The molecule has 0 aliphatic rings. The number of benzene rings is 1. The highest BCUT2D eigenvalue weighted by molar-refractivity contribution is 8.01. The number of nitrogens with zero attached hydrogens (tertiary/aromatic N) is 2. The van der Waals surface area contributed by atoms with Gasteiger partial charge in [0.2, 0.25) is 0 Å². The summed E-state index contributed by atoms with van der Waals surface area (Å²) in [6.07, 6.45) is 0. The van der Waals surface area contributed by atoms with E-state index in [2.05, 4.69) is 10.2 Å². The standard InChI is InChI=1S/C10H10FN3S2/c1-6(12)8-4-7(11)2-3-9(8)16-10-14-13-5-15-10/h2-6H,12H2,1H3. The summed E-state index contributed by atoms with van der Waals surface area (Å²) in [4.78, 5) is 0.924. The number of nitrogens with two attached hydrogens (primary N) is 1. The van der Waals surface area contributed by atoms with Crippen LogP contribution in [0.4, 0.5) is 4.39 Å². The van der Waals surface area contributed by atoms with Gasteiger partial charge in [-0.3, -0.25) is 0 Å². The average molecular weight is 255 g/mol. The van der Waals surface area contributed by atoms with E-state index >= 15 is 0 Å². The molecular formula is C10H10FN3S2. The minimum absolute atomic E-state index is 0.203. The first-order chi connectivity index (χ1) is 7.66. The molecule has 84 valence electrons. The summed E-state index contributed by atoms with van der Waals surface area (Å²) >= 11 is 2.90. The molecule has 6 heteroatoms. The Morgan fingerprint density at radius 1 is 1.50 bits per heavy atom. The van der Waals surface area contributed by atoms with Gasteiger partial charge in [-0.25, -0.2) is 4.39 Å². The van der Waals surface area contributed by atoms with Gasteiger partial charge in [-0.05, 0) is 30.7 Å². The molecule has 1 atom stereocenters. The van der Waals surface area contributed by atoms with Gasteiger partial charge in [-0.1, -0.05) is 23.1 Å². The van der Waals surface area contributed by atoms with Crippen LogP contribution in [0.3, 0.4) is 0 Å². The molecule has 0 saturated carbocycles. The van der Waals surface area contributed by atoms with Crippen molar-refractivity contribution in [3.05, 3.63) is 35.1 Å². The highest BCUT2D eigenvalue weighted by Crippen LogP contribution is 2.33.